The molecule has 5 nitrogen and oxygen atoms in total. The van der Waals surface area contributed by atoms with Crippen molar-refractivity contribution in [1.29, 1.82) is 0 Å². The molecule has 5 atom stereocenters. The molecule has 0 saturated heterocycles. The summed E-state index contributed by atoms with van der Waals surface area (Å²) in [6.07, 6.45) is 2.99. The number of hydrogen-bond donors (Lipinski definition) is 1. The van der Waals surface area contributed by atoms with Crippen LogP contribution in [0.2, 0.25) is 0 Å². The molecular formula is C19H32O5. The summed E-state index contributed by atoms with van der Waals surface area (Å²) < 4.78 is 10.7. The highest BCUT2D eigenvalue weighted by atomic mass is 16.6. The van der Waals surface area contributed by atoms with E-state index >= 15 is 0 Å². The van der Waals surface area contributed by atoms with Gasteiger partial charge in [-0.2, -0.15) is 0 Å². The Labute approximate surface area is 145 Å². The fourth-order valence-corrected chi connectivity index (χ4v) is 5.65. The summed E-state index contributed by atoms with van der Waals surface area (Å²) in [4.78, 5) is 23.8. The van der Waals surface area contributed by atoms with Crippen LogP contribution >= 0.6 is 0 Å². The zero-order valence-electron chi connectivity index (χ0n) is 15.8. The molecule has 2 saturated carbocycles. The van der Waals surface area contributed by atoms with Gasteiger partial charge in [-0.3, -0.25) is 9.59 Å². The van der Waals surface area contributed by atoms with Gasteiger partial charge in [-0.25, -0.2) is 0 Å². The minimum absolute atomic E-state index is 0.119. The Morgan fingerprint density at radius 3 is 2.29 bits per heavy atom. The van der Waals surface area contributed by atoms with E-state index in [1.165, 1.54) is 14.0 Å². The fourth-order valence-electron chi connectivity index (χ4n) is 5.65. The Balaban J connectivity index is 2.45. The number of aliphatic hydroxyl groups excluding tert-OH is 1. The first-order valence-corrected chi connectivity index (χ1v) is 8.92. The molecule has 1 N–H and O–H groups in total. The molecule has 138 valence electrons. The molecule has 0 bridgehead atoms. The first-order valence-electron chi connectivity index (χ1n) is 8.92. The van der Waals surface area contributed by atoms with Crippen LogP contribution in [0.1, 0.15) is 66.7 Å². The smallest absolute Gasteiger partial charge is 0.305 e. The van der Waals surface area contributed by atoms with Crippen molar-refractivity contribution in [1.82, 2.24) is 0 Å². The molecule has 0 radical (unpaired) electrons. The van der Waals surface area contributed by atoms with E-state index in [2.05, 4.69) is 20.8 Å². The number of methoxy groups -OCH3 is 1. The fraction of sp³-hybridized carbons (Fsp3) is 0.895. The van der Waals surface area contributed by atoms with Crippen LogP contribution in [0, 0.1) is 22.7 Å². The molecular weight excluding hydrogens is 308 g/mol. The molecule has 0 amide bonds. The van der Waals surface area contributed by atoms with E-state index < -0.39 is 5.60 Å². The highest BCUT2D eigenvalue weighted by molar-refractivity contribution is 5.70. The van der Waals surface area contributed by atoms with Crippen LogP contribution in [0.15, 0.2) is 0 Å². The lowest BCUT2D eigenvalue weighted by Gasteiger charge is -2.62. The Hall–Kier alpha value is -1.10. The molecule has 24 heavy (non-hydrogen) atoms. The molecule has 2 aliphatic carbocycles. The van der Waals surface area contributed by atoms with Gasteiger partial charge in [0, 0.05) is 12.8 Å². The lowest BCUT2D eigenvalue weighted by Crippen LogP contribution is -2.61. The lowest BCUT2D eigenvalue weighted by molar-refractivity contribution is -0.215. The number of carbonyl (C=O) groups is 2. The number of aliphatic hydroxyl groups is 1. The number of ether oxygens (including phenoxy) is 2. The van der Waals surface area contributed by atoms with Crippen LogP contribution in [0.3, 0.4) is 0 Å². The van der Waals surface area contributed by atoms with E-state index in [-0.39, 0.29) is 47.1 Å². The van der Waals surface area contributed by atoms with E-state index in [1.54, 1.807) is 0 Å². The average Bonchev–Trinajstić information content (AvgIpc) is 2.46. The molecule has 0 aromatic heterocycles. The van der Waals surface area contributed by atoms with Crippen molar-refractivity contribution in [3.8, 4) is 0 Å². The van der Waals surface area contributed by atoms with E-state index in [0.29, 0.717) is 12.8 Å². The summed E-state index contributed by atoms with van der Waals surface area (Å²) in [5.41, 5.74) is -1.08. The van der Waals surface area contributed by atoms with Crippen molar-refractivity contribution in [3.05, 3.63) is 0 Å². The topological polar surface area (TPSA) is 72.8 Å². The number of rotatable bonds is 3. The van der Waals surface area contributed by atoms with Crippen LogP contribution in [0.25, 0.3) is 0 Å². The summed E-state index contributed by atoms with van der Waals surface area (Å²) in [7, 11) is 1.39. The van der Waals surface area contributed by atoms with Gasteiger partial charge in [0.15, 0.2) is 0 Å². The van der Waals surface area contributed by atoms with Gasteiger partial charge in [0.2, 0.25) is 0 Å². The largest absolute Gasteiger partial charge is 0.469 e. The van der Waals surface area contributed by atoms with Crippen molar-refractivity contribution >= 4 is 11.9 Å². The second-order valence-electron chi connectivity index (χ2n) is 8.71. The predicted octanol–water partition coefficient (Wildman–Crippen LogP) is 3.08. The summed E-state index contributed by atoms with van der Waals surface area (Å²) >= 11 is 0. The van der Waals surface area contributed by atoms with E-state index in [4.69, 9.17) is 9.47 Å². The number of hydrogen-bond acceptors (Lipinski definition) is 5. The van der Waals surface area contributed by atoms with Gasteiger partial charge in [0.1, 0.15) is 5.60 Å². The minimum Gasteiger partial charge on any atom is -0.469 e. The molecule has 0 aromatic rings. The zero-order valence-corrected chi connectivity index (χ0v) is 15.8. The van der Waals surface area contributed by atoms with Gasteiger partial charge in [-0.05, 0) is 49.4 Å². The average molecular weight is 340 g/mol. The van der Waals surface area contributed by atoms with Crippen LogP contribution < -0.4 is 0 Å². The number of fused-ring (bicyclic) bond motifs is 1. The van der Waals surface area contributed by atoms with Crippen LogP contribution in [0.5, 0.6) is 0 Å². The quantitative estimate of drug-likeness (QED) is 0.799. The molecule has 5 heteroatoms. The van der Waals surface area contributed by atoms with Crippen LogP contribution in [0.4, 0.5) is 0 Å². The van der Waals surface area contributed by atoms with Gasteiger partial charge in [-0.15, -0.1) is 0 Å². The van der Waals surface area contributed by atoms with Gasteiger partial charge in [0.05, 0.1) is 19.6 Å². The van der Waals surface area contributed by atoms with E-state index in [1.807, 2.05) is 6.92 Å². The molecule has 2 aliphatic rings. The zero-order chi connectivity index (χ0) is 18.3. The highest BCUT2D eigenvalue weighted by Gasteiger charge is 2.62. The minimum atomic E-state index is -0.677. The molecule has 2 fully saturated rings. The van der Waals surface area contributed by atoms with Crippen molar-refractivity contribution in [3.63, 3.8) is 0 Å². The highest BCUT2D eigenvalue weighted by Crippen LogP contribution is 2.63. The standard InChI is InChI=1S/C19H32O5/c1-12(20)24-19(5)10-7-13-17(2,3)15(21)8-9-18(13,4)14(19)11-16(22)23-6/h13-15,21H,7-11H2,1-6H3. The molecule has 2 rings (SSSR count). The van der Waals surface area contributed by atoms with Gasteiger partial charge < -0.3 is 14.6 Å². The third-order valence-electron chi connectivity index (χ3n) is 6.95. The second kappa shape index (κ2) is 6.32. The van der Waals surface area contributed by atoms with Crippen molar-refractivity contribution in [2.24, 2.45) is 22.7 Å². The first kappa shape index (κ1) is 19.2. The summed E-state index contributed by atoms with van der Waals surface area (Å²) in [6.45, 7) is 9.79. The van der Waals surface area contributed by atoms with Crippen molar-refractivity contribution in [2.45, 2.75) is 78.4 Å². The third kappa shape index (κ3) is 3.07. The second-order valence-corrected chi connectivity index (χ2v) is 8.71. The number of carbonyl (C=O) groups excluding carboxylic acids is 2. The maximum Gasteiger partial charge on any atom is 0.305 e. The van der Waals surface area contributed by atoms with E-state index in [9.17, 15) is 14.7 Å². The Morgan fingerprint density at radius 1 is 1.12 bits per heavy atom. The molecule has 0 aromatic carbocycles. The van der Waals surface area contributed by atoms with Gasteiger partial charge in [0.25, 0.3) is 0 Å². The summed E-state index contributed by atoms with van der Waals surface area (Å²) in [5.74, 6) is -0.437. The van der Waals surface area contributed by atoms with Crippen molar-refractivity contribution in [2.75, 3.05) is 7.11 Å². The maximum absolute atomic E-state index is 12.1. The predicted molar refractivity (Wildman–Crippen MR) is 90.1 cm³/mol. The van der Waals surface area contributed by atoms with Crippen LogP contribution in [-0.4, -0.2) is 35.9 Å². The van der Waals surface area contributed by atoms with Crippen molar-refractivity contribution < 1.29 is 24.2 Å². The maximum atomic E-state index is 12.1. The van der Waals surface area contributed by atoms with Gasteiger partial charge >= 0.3 is 11.9 Å². The summed E-state index contributed by atoms with van der Waals surface area (Å²) in [6, 6.07) is 0. The normalized spacial score (nSPS) is 41.2. The molecule has 0 spiro atoms. The molecule has 0 heterocycles. The SMILES string of the molecule is COC(=O)CC1C(C)(OC(C)=O)CCC2C(C)(C)C(O)CCC12C. The molecule has 5 unspecified atom stereocenters. The van der Waals surface area contributed by atoms with E-state index in [0.717, 1.165) is 12.8 Å². The summed E-state index contributed by atoms with van der Waals surface area (Å²) in [5, 5.41) is 10.5. The Kier molecular flexibility index (Phi) is 5.06. The monoisotopic (exact) mass is 340 g/mol. The number of esters is 2. The van der Waals surface area contributed by atoms with Crippen LogP contribution in [-0.2, 0) is 19.1 Å². The third-order valence-corrected chi connectivity index (χ3v) is 6.95. The first-order chi connectivity index (χ1) is 11.0. The molecule has 0 aliphatic heterocycles. The van der Waals surface area contributed by atoms with Gasteiger partial charge in [-0.1, -0.05) is 20.8 Å². The Bertz CT molecular complexity index is 514. The Morgan fingerprint density at radius 2 is 1.75 bits per heavy atom. The lowest BCUT2D eigenvalue weighted by atomic mass is 9.44.